The first-order chi connectivity index (χ1) is 14.1. The molecule has 8 heteroatoms. The first kappa shape index (κ1) is 20.2. The lowest BCUT2D eigenvalue weighted by molar-refractivity contribution is 0.0729. The summed E-state index contributed by atoms with van der Waals surface area (Å²) < 4.78 is 11.6. The van der Waals surface area contributed by atoms with Crippen molar-refractivity contribution in [2.24, 2.45) is 5.10 Å². The van der Waals surface area contributed by atoms with Crippen LogP contribution in [0, 0.1) is 0 Å². The highest BCUT2D eigenvalue weighted by atomic mass is 79.9. The summed E-state index contributed by atoms with van der Waals surface area (Å²) in [7, 11) is 1.47. The highest BCUT2D eigenvalue weighted by molar-refractivity contribution is 9.10. The number of nitrogens with zero attached hydrogens (tertiary/aromatic N) is 2. The van der Waals surface area contributed by atoms with Crippen LogP contribution < -0.4 is 14.9 Å². The lowest BCUT2D eigenvalue weighted by Crippen LogP contribution is -2.17. The molecule has 1 aromatic heterocycles. The van der Waals surface area contributed by atoms with Gasteiger partial charge in [0, 0.05) is 16.9 Å². The van der Waals surface area contributed by atoms with Crippen molar-refractivity contribution >= 4 is 34.0 Å². The number of ether oxygens (including phenoxy) is 2. The second kappa shape index (κ2) is 9.61. The molecule has 1 amide bonds. The van der Waals surface area contributed by atoms with Crippen LogP contribution in [0.3, 0.4) is 0 Å². The molecule has 0 spiro atoms. The molecule has 3 rings (SSSR count). The lowest BCUT2D eigenvalue weighted by atomic mass is 10.2. The van der Waals surface area contributed by atoms with Crippen molar-refractivity contribution in [1.82, 2.24) is 10.4 Å². The number of carbonyl (C=O) groups excluding carboxylic acids is 2. The highest BCUT2D eigenvalue weighted by Crippen LogP contribution is 2.28. The van der Waals surface area contributed by atoms with E-state index < -0.39 is 5.97 Å². The molecule has 29 heavy (non-hydrogen) atoms. The number of hydrazone groups is 1. The van der Waals surface area contributed by atoms with E-state index in [4.69, 9.17) is 9.47 Å². The molecule has 0 fully saturated rings. The third-order valence-corrected chi connectivity index (χ3v) is 4.30. The van der Waals surface area contributed by atoms with Gasteiger partial charge in [-0.2, -0.15) is 5.10 Å². The van der Waals surface area contributed by atoms with Gasteiger partial charge in [0.2, 0.25) is 0 Å². The fourth-order valence-electron chi connectivity index (χ4n) is 2.32. The Labute approximate surface area is 175 Å². The Kier molecular flexibility index (Phi) is 6.70. The summed E-state index contributed by atoms with van der Waals surface area (Å²) in [5.74, 6) is -0.239. The van der Waals surface area contributed by atoms with Crippen molar-refractivity contribution in [2.75, 3.05) is 7.11 Å². The molecule has 0 bridgehead atoms. The molecule has 0 unspecified atom stereocenters. The van der Waals surface area contributed by atoms with Crippen molar-refractivity contribution in [3.8, 4) is 11.5 Å². The Morgan fingerprint density at radius 1 is 1.07 bits per heavy atom. The number of esters is 1. The van der Waals surface area contributed by atoms with Crippen molar-refractivity contribution in [1.29, 1.82) is 0 Å². The number of halogens is 1. The number of hydrogen-bond donors (Lipinski definition) is 1. The number of benzene rings is 2. The van der Waals surface area contributed by atoms with E-state index in [0.29, 0.717) is 22.4 Å². The number of aromatic nitrogens is 1. The molecule has 0 atom stereocenters. The van der Waals surface area contributed by atoms with Crippen LogP contribution in [0.2, 0.25) is 0 Å². The average molecular weight is 454 g/mol. The van der Waals surface area contributed by atoms with E-state index in [9.17, 15) is 9.59 Å². The molecule has 1 heterocycles. The summed E-state index contributed by atoms with van der Waals surface area (Å²) in [6.07, 6.45) is 4.48. The molecule has 0 aliphatic carbocycles. The van der Waals surface area contributed by atoms with E-state index in [1.54, 1.807) is 60.8 Å². The minimum Gasteiger partial charge on any atom is -0.493 e. The number of carbonyl (C=O) groups is 2. The standard InChI is InChI=1S/C21H16BrN3O4/c1-28-19-11-14(12-24-25-20(26)16-3-2-10-23-13-16)4-9-18(19)29-21(27)15-5-7-17(22)8-6-15/h2-13H,1H3,(H,25,26). The minimum absolute atomic E-state index is 0.275. The fraction of sp³-hybridized carbons (Fsp3) is 0.0476. The Hall–Kier alpha value is -3.52. The molecule has 2 aromatic carbocycles. The number of pyridine rings is 1. The van der Waals surface area contributed by atoms with Gasteiger partial charge in [0.15, 0.2) is 11.5 Å². The zero-order chi connectivity index (χ0) is 20.6. The van der Waals surface area contributed by atoms with E-state index in [1.807, 2.05) is 0 Å². The van der Waals surface area contributed by atoms with Gasteiger partial charge in [-0.15, -0.1) is 0 Å². The van der Waals surface area contributed by atoms with E-state index in [0.717, 1.165) is 4.47 Å². The Bertz CT molecular complexity index is 1040. The molecule has 1 N–H and O–H groups in total. The summed E-state index contributed by atoms with van der Waals surface area (Å²) in [5.41, 5.74) is 3.88. The normalized spacial score (nSPS) is 10.6. The number of methoxy groups -OCH3 is 1. The van der Waals surface area contributed by atoms with Gasteiger partial charge < -0.3 is 9.47 Å². The lowest BCUT2D eigenvalue weighted by Gasteiger charge is -2.10. The second-order valence-corrected chi connectivity index (χ2v) is 6.66. The molecule has 0 aliphatic heterocycles. The fourth-order valence-corrected chi connectivity index (χ4v) is 2.58. The SMILES string of the molecule is COc1cc(C=NNC(=O)c2cccnc2)ccc1OC(=O)c1ccc(Br)cc1. The zero-order valence-corrected chi connectivity index (χ0v) is 16.9. The molecule has 0 saturated heterocycles. The van der Waals surface area contributed by atoms with Crippen molar-refractivity contribution in [2.45, 2.75) is 0 Å². The molecule has 146 valence electrons. The third kappa shape index (κ3) is 5.49. The number of hydrogen-bond acceptors (Lipinski definition) is 6. The van der Waals surface area contributed by atoms with E-state index in [2.05, 4.69) is 31.4 Å². The maximum absolute atomic E-state index is 12.3. The minimum atomic E-state index is -0.499. The van der Waals surface area contributed by atoms with Crippen LogP contribution in [0.5, 0.6) is 11.5 Å². The van der Waals surface area contributed by atoms with Crippen molar-refractivity contribution < 1.29 is 19.1 Å². The topological polar surface area (TPSA) is 89.9 Å². The quantitative estimate of drug-likeness (QED) is 0.265. The smallest absolute Gasteiger partial charge is 0.343 e. The molecule has 7 nitrogen and oxygen atoms in total. The molecule has 0 saturated carbocycles. The van der Waals surface area contributed by atoms with Gasteiger partial charge in [0.05, 0.1) is 24.5 Å². The number of nitrogens with one attached hydrogen (secondary N) is 1. The summed E-state index contributed by atoms with van der Waals surface area (Å²) in [6, 6.07) is 15.1. The first-order valence-corrected chi connectivity index (χ1v) is 9.25. The average Bonchev–Trinajstić information content (AvgIpc) is 2.75. The molecule has 3 aromatic rings. The van der Waals surface area contributed by atoms with Crippen molar-refractivity contribution in [3.63, 3.8) is 0 Å². The van der Waals surface area contributed by atoms with E-state index in [1.165, 1.54) is 19.5 Å². The maximum atomic E-state index is 12.3. The highest BCUT2D eigenvalue weighted by Gasteiger charge is 2.13. The summed E-state index contributed by atoms with van der Waals surface area (Å²) in [4.78, 5) is 28.1. The van der Waals surface area contributed by atoms with Crippen LogP contribution in [0.1, 0.15) is 26.3 Å². The van der Waals surface area contributed by atoms with Crippen LogP contribution in [-0.2, 0) is 0 Å². The van der Waals surface area contributed by atoms with Gasteiger partial charge >= 0.3 is 5.97 Å². The predicted octanol–water partition coefficient (Wildman–Crippen LogP) is 3.84. The number of rotatable bonds is 6. The maximum Gasteiger partial charge on any atom is 0.343 e. The van der Waals surface area contributed by atoms with Gasteiger partial charge in [0.25, 0.3) is 5.91 Å². The van der Waals surface area contributed by atoms with Crippen LogP contribution in [-0.4, -0.2) is 30.2 Å². The third-order valence-electron chi connectivity index (χ3n) is 3.77. The van der Waals surface area contributed by atoms with Crippen LogP contribution in [0.4, 0.5) is 0 Å². The number of amides is 1. The monoisotopic (exact) mass is 453 g/mol. The van der Waals surface area contributed by atoms with Gasteiger partial charge in [-0.05, 0) is 60.2 Å². The van der Waals surface area contributed by atoms with Gasteiger partial charge in [-0.3, -0.25) is 9.78 Å². The van der Waals surface area contributed by atoms with E-state index in [-0.39, 0.29) is 11.7 Å². The van der Waals surface area contributed by atoms with E-state index >= 15 is 0 Å². The van der Waals surface area contributed by atoms with Crippen LogP contribution >= 0.6 is 15.9 Å². The van der Waals surface area contributed by atoms with Crippen molar-refractivity contribution in [3.05, 3.63) is 88.2 Å². The Balaban J connectivity index is 1.67. The summed E-state index contributed by atoms with van der Waals surface area (Å²) >= 11 is 3.32. The molecular weight excluding hydrogens is 438 g/mol. The Morgan fingerprint density at radius 2 is 1.86 bits per heavy atom. The summed E-state index contributed by atoms with van der Waals surface area (Å²) in [6.45, 7) is 0. The molecule has 0 radical (unpaired) electrons. The van der Waals surface area contributed by atoms with Crippen LogP contribution in [0.25, 0.3) is 0 Å². The largest absolute Gasteiger partial charge is 0.493 e. The molecular formula is C21H16BrN3O4. The Morgan fingerprint density at radius 3 is 2.55 bits per heavy atom. The van der Waals surface area contributed by atoms with Crippen LogP contribution in [0.15, 0.2) is 76.6 Å². The zero-order valence-electron chi connectivity index (χ0n) is 15.3. The second-order valence-electron chi connectivity index (χ2n) is 5.75. The predicted molar refractivity (Wildman–Crippen MR) is 111 cm³/mol. The molecule has 0 aliphatic rings. The van der Waals surface area contributed by atoms with Gasteiger partial charge in [-0.1, -0.05) is 15.9 Å². The van der Waals surface area contributed by atoms with Gasteiger partial charge in [0.1, 0.15) is 0 Å². The first-order valence-electron chi connectivity index (χ1n) is 8.46. The van der Waals surface area contributed by atoms with Gasteiger partial charge in [-0.25, -0.2) is 10.2 Å². The summed E-state index contributed by atoms with van der Waals surface area (Å²) in [5, 5.41) is 3.92.